The number of nitriles is 2. The molecule has 0 spiro atoms. The summed E-state index contributed by atoms with van der Waals surface area (Å²) < 4.78 is 0. The minimum absolute atomic E-state index is 0.0373. The van der Waals surface area contributed by atoms with E-state index in [4.69, 9.17) is 0 Å². The van der Waals surface area contributed by atoms with Gasteiger partial charge in [0.15, 0.2) is 0 Å². The summed E-state index contributed by atoms with van der Waals surface area (Å²) >= 11 is 0. The fourth-order valence-corrected chi connectivity index (χ4v) is 7.66. The first-order valence-electron chi connectivity index (χ1n) is 15.0. The zero-order valence-corrected chi connectivity index (χ0v) is 24.7. The monoisotopic (exact) mass is 566 g/mol. The first kappa shape index (κ1) is 26.9. The van der Waals surface area contributed by atoms with Crippen LogP contribution in [0.3, 0.4) is 0 Å². The molecule has 0 radical (unpaired) electrons. The number of rotatable bonds is 6. The van der Waals surface area contributed by atoms with Gasteiger partial charge in [0.25, 0.3) is 17.7 Å². The molecule has 7 rings (SSSR count). The summed E-state index contributed by atoms with van der Waals surface area (Å²) in [5.41, 5.74) is 3.05. The van der Waals surface area contributed by atoms with E-state index in [1.165, 1.54) is 4.90 Å². The van der Waals surface area contributed by atoms with Crippen LogP contribution in [0.4, 0.5) is 0 Å². The molecule has 0 saturated carbocycles. The van der Waals surface area contributed by atoms with Gasteiger partial charge < -0.3 is 4.90 Å². The van der Waals surface area contributed by atoms with Crippen LogP contribution >= 0.6 is 0 Å². The Morgan fingerprint density at radius 3 is 1.81 bits per heavy atom. The molecule has 0 fully saturated rings. The average Bonchev–Trinajstić information content (AvgIpc) is 3.00. The number of imide groups is 1. The highest BCUT2D eigenvalue weighted by molar-refractivity contribution is 6.40. The molecule has 2 aliphatic rings. The molecule has 43 heavy (non-hydrogen) atoms. The number of benzene rings is 5. The molecule has 0 aromatic heterocycles. The van der Waals surface area contributed by atoms with Gasteiger partial charge in [0, 0.05) is 56.7 Å². The van der Waals surface area contributed by atoms with Gasteiger partial charge >= 0.3 is 0 Å². The minimum atomic E-state index is -0.401. The van der Waals surface area contributed by atoms with Crippen LogP contribution in [0.2, 0.25) is 0 Å². The minimum Gasteiger partial charge on any atom is -0.332 e. The van der Waals surface area contributed by atoms with Gasteiger partial charge in [0.1, 0.15) is 0 Å². The van der Waals surface area contributed by atoms with Crippen molar-refractivity contribution < 1.29 is 14.4 Å². The van der Waals surface area contributed by atoms with Gasteiger partial charge in [-0.25, -0.2) is 0 Å². The van der Waals surface area contributed by atoms with E-state index in [-0.39, 0.29) is 23.9 Å². The zero-order valence-electron chi connectivity index (χ0n) is 24.7. The molecule has 5 aromatic rings. The van der Waals surface area contributed by atoms with E-state index < -0.39 is 5.91 Å². The fourth-order valence-electron chi connectivity index (χ4n) is 7.66. The number of hydrogen-bond donors (Lipinski definition) is 0. The molecular formula is C36H30N4O3. The van der Waals surface area contributed by atoms with Crippen molar-refractivity contribution in [3.63, 3.8) is 0 Å². The maximum atomic E-state index is 13.9. The molecule has 0 aliphatic carbocycles. The van der Waals surface area contributed by atoms with E-state index in [0.29, 0.717) is 67.7 Å². The number of nitrogens with zero attached hydrogens (tertiary/aromatic N) is 4. The topological polar surface area (TPSA) is 105 Å². The highest BCUT2D eigenvalue weighted by atomic mass is 16.2. The third kappa shape index (κ3) is 3.42. The average molecular weight is 567 g/mol. The normalized spacial score (nSPS) is 16.0. The van der Waals surface area contributed by atoms with Crippen LogP contribution in [-0.2, 0) is 6.54 Å². The molecule has 0 bridgehead atoms. The predicted molar refractivity (Wildman–Crippen MR) is 166 cm³/mol. The summed E-state index contributed by atoms with van der Waals surface area (Å²) in [7, 11) is 0. The summed E-state index contributed by atoms with van der Waals surface area (Å²) in [6, 6.07) is 15.3. The summed E-state index contributed by atoms with van der Waals surface area (Å²) in [5, 5.41) is 26.4. The summed E-state index contributed by atoms with van der Waals surface area (Å²) in [6.07, 6.45) is 3.33. The van der Waals surface area contributed by atoms with Crippen molar-refractivity contribution in [2.24, 2.45) is 0 Å². The Balaban J connectivity index is 1.63. The van der Waals surface area contributed by atoms with Crippen molar-refractivity contribution in [2.75, 3.05) is 0 Å². The van der Waals surface area contributed by atoms with E-state index in [0.717, 1.165) is 41.0 Å². The van der Waals surface area contributed by atoms with Gasteiger partial charge in [-0.3, -0.25) is 19.3 Å². The molecular weight excluding hydrogens is 536 g/mol. The lowest BCUT2D eigenvalue weighted by molar-refractivity contribution is 0.0543. The van der Waals surface area contributed by atoms with Crippen LogP contribution in [0.1, 0.15) is 101 Å². The highest BCUT2D eigenvalue weighted by Gasteiger charge is 2.38. The van der Waals surface area contributed by atoms with Gasteiger partial charge in [-0.1, -0.05) is 38.8 Å². The summed E-state index contributed by atoms with van der Waals surface area (Å²) in [4.78, 5) is 44.8. The summed E-state index contributed by atoms with van der Waals surface area (Å²) in [5.74, 6) is -0.782. The molecule has 2 aliphatic heterocycles. The van der Waals surface area contributed by atoms with Crippen LogP contribution in [-0.4, -0.2) is 39.6 Å². The van der Waals surface area contributed by atoms with Gasteiger partial charge in [0.05, 0.1) is 28.8 Å². The molecule has 0 saturated heterocycles. The number of amides is 3. The van der Waals surface area contributed by atoms with Crippen molar-refractivity contribution in [1.29, 1.82) is 10.5 Å². The highest BCUT2D eigenvalue weighted by Crippen LogP contribution is 2.48. The Morgan fingerprint density at radius 1 is 0.674 bits per heavy atom. The van der Waals surface area contributed by atoms with Crippen LogP contribution in [0, 0.1) is 22.7 Å². The van der Waals surface area contributed by atoms with Crippen molar-refractivity contribution in [3.05, 3.63) is 69.8 Å². The molecule has 3 amide bonds. The van der Waals surface area contributed by atoms with E-state index in [1.54, 1.807) is 12.1 Å². The first-order chi connectivity index (χ1) is 20.8. The lowest BCUT2D eigenvalue weighted by Crippen LogP contribution is -2.45. The number of carbonyl (C=O) groups excluding carboxylic acids is 3. The Kier molecular flexibility index (Phi) is 5.94. The molecule has 2 heterocycles. The lowest BCUT2D eigenvalue weighted by atomic mass is 9.79. The van der Waals surface area contributed by atoms with E-state index >= 15 is 0 Å². The van der Waals surface area contributed by atoms with Gasteiger partial charge in [0.2, 0.25) is 0 Å². The Labute approximate surface area is 249 Å². The molecule has 7 heteroatoms. The van der Waals surface area contributed by atoms with E-state index in [2.05, 4.69) is 26.0 Å². The molecule has 5 aromatic carbocycles. The van der Waals surface area contributed by atoms with Gasteiger partial charge in [-0.2, -0.15) is 10.5 Å². The van der Waals surface area contributed by atoms with Crippen molar-refractivity contribution in [3.8, 4) is 12.1 Å². The molecule has 2 atom stereocenters. The van der Waals surface area contributed by atoms with Crippen LogP contribution in [0.5, 0.6) is 0 Å². The Morgan fingerprint density at radius 2 is 1.21 bits per heavy atom. The van der Waals surface area contributed by atoms with Crippen LogP contribution in [0.25, 0.3) is 43.1 Å². The van der Waals surface area contributed by atoms with E-state index in [9.17, 15) is 24.9 Å². The third-order valence-electron chi connectivity index (χ3n) is 9.54. The first-order valence-corrected chi connectivity index (χ1v) is 15.0. The predicted octanol–water partition coefficient (Wildman–Crippen LogP) is 7.41. The van der Waals surface area contributed by atoms with Crippen LogP contribution in [0.15, 0.2) is 36.4 Å². The maximum absolute atomic E-state index is 13.9. The van der Waals surface area contributed by atoms with Crippen LogP contribution < -0.4 is 0 Å². The van der Waals surface area contributed by atoms with E-state index in [1.807, 2.05) is 43.0 Å². The SMILES string of the molecule is CCCC(C)N1Cc2cc(C#N)c3c4ccc5c6c(cc(C#N)c(c7ccc(c2c73)C1=O)c64)C(=O)N(C(C)CCC)C5=O. The Hall–Kier alpha value is -5.01. The summed E-state index contributed by atoms with van der Waals surface area (Å²) in [6.45, 7) is 8.45. The number of fused-ring (bicyclic) bond motifs is 2. The number of carbonyl (C=O) groups is 3. The van der Waals surface area contributed by atoms with Crippen molar-refractivity contribution in [2.45, 2.75) is 72.0 Å². The third-order valence-corrected chi connectivity index (χ3v) is 9.54. The lowest BCUT2D eigenvalue weighted by Gasteiger charge is -2.35. The zero-order chi connectivity index (χ0) is 30.3. The quantitative estimate of drug-likeness (QED) is 0.121. The smallest absolute Gasteiger partial charge is 0.261 e. The second-order valence-electron chi connectivity index (χ2n) is 12.0. The molecule has 0 N–H and O–H groups in total. The largest absolute Gasteiger partial charge is 0.332 e. The second-order valence-corrected chi connectivity index (χ2v) is 12.0. The fraction of sp³-hybridized carbons (Fsp3) is 0.306. The van der Waals surface area contributed by atoms with Gasteiger partial charge in [-0.05, 0) is 72.7 Å². The van der Waals surface area contributed by atoms with Crippen molar-refractivity contribution >= 4 is 60.8 Å². The second kappa shape index (κ2) is 9.51. The number of hydrogen-bond acceptors (Lipinski definition) is 5. The maximum Gasteiger partial charge on any atom is 0.261 e. The Bertz CT molecular complexity index is 2170. The molecule has 212 valence electrons. The van der Waals surface area contributed by atoms with Gasteiger partial charge in [-0.15, -0.1) is 0 Å². The van der Waals surface area contributed by atoms with Crippen molar-refractivity contribution in [1.82, 2.24) is 9.80 Å². The molecule has 2 unspecified atom stereocenters. The molecule has 7 nitrogen and oxygen atoms in total. The standard InChI is InChI=1S/C36H30N4O3/c1-5-7-18(3)39-17-22-13-20(15-37)28-24-10-12-26-31-27(36(43)40(35(26)42)19(4)8-6-2)14-21(16-38)29(33(24)31)23-9-11-25(34(39)41)30(22)32(23)28/h9-14,18-19H,5-8,17H2,1-4H3.